The van der Waals surface area contributed by atoms with Crippen LogP contribution in [0.15, 0.2) is 0 Å². The van der Waals surface area contributed by atoms with Crippen LogP contribution in [0, 0.1) is 0 Å². The lowest BCUT2D eigenvalue weighted by molar-refractivity contribution is 0.0451. The van der Waals surface area contributed by atoms with Gasteiger partial charge in [-0.2, -0.15) is 0 Å². The molecule has 2 fully saturated rings. The molecule has 1 aliphatic carbocycles. The predicted octanol–water partition coefficient (Wildman–Crippen LogP) is 3.15. The Morgan fingerprint density at radius 2 is 2.24 bits per heavy atom. The summed E-state index contributed by atoms with van der Waals surface area (Å²) in [6.07, 6.45) is 4.64. The molecule has 1 atom stereocenters. The SMILES string of the molecule is CCC(=O)c1sc(N2CCCC(C)(O)C2)c(C2CC2)c1N. The maximum absolute atomic E-state index is 12.1. The van der Waals surface area contributed by atoms with Crippen molar-refractivity contribution in [3.63, 3.8) is 0 Å². The molecule has 3 rings (SSSR count). The van der Waals surface area contributed by atoms with Crippen LogP contribution in [-0.2, 0) is 0 Å². The highest BCUT2D eigenvalue weighted by Crippen LogP contribution is 2.52. The number of nitrogens with two attached hydrogens (primary N) is 1. The van der Waals surface area contributed by atoms with Crippen LogP contribution in [0.25, 0.3) is 0 Å². The second kappa shape index (κ2) is 5.29. The van der Waals surface area contributed by atoms with Gasteiger partial charge in [-0.05, 0) is 38.5 Å². The van der Waals surface area contributed by atoms with Crippen molar-refractivity contribution < 1.29 is 9.90 Å². The molecule has 0 aromatic carbocycles. The maximum atomic E-state index is 12.1. The number of Topliss-reactive ketones (excluding diaryl/α,β-unsaturated/α-hetero) is 1. The first kappa shape index (κ1) is 14.9. The number of carbonyl (C=O) groups excluding carboxylic acids is 1. The third-order valence-electron chi connectivity index (χ3n) is 4.49. The van der Waals surface area contributed by atoms with Crippen LogP contribution in [0.2, 0.25) is 0 Å². The number of aliphatic hydroxyl groups is 1. The van der Waals surface area contributed by atoms with Gasteiger partial charge in [-0.3, -0.25) is 4.79 Å². The second-order valence-electron chi connectivity index (χ2n) is 6.64. The molecule has 116 valence electrons. The van der Waals surface area contributed by atoms with Gasteiger partial charge in [0.25, 0.3) is 0 Å². The van der Waals surface area contributed by atoms with Crippen molar-refractivity contribution in [3.05, 3.63) is 10.4 Å². The van der Waals surface area contributed by atoms with Crippen LogP contribution >= 0.6 is 11.3 Å². The Hall–Kier alpha value is -1.07. The smallest absolute Gasteiger partial charge is 0.174 e. The highest BCUT2D eigenvalue weighted by Gasteiger charge is 2.37. The van der Waals surface area contributed by atoms with Crippen LogP contribution in [-0.4, -0.2) is 29.6 Å². The minimum absolute atomic E-state index is 0.134. The number of ketones is 1. The molecule has 2 aliphatic rings. The molecule has 1 aromatic rings. The third-order valence-corrected chi connectivity index (χ3v) is 5.81. The summed E-state index contributed by atoms with van der Waals surface area (Å²) in [5.74, 6) is 0.649. The topological polar surface area (TPSA) is 66.6 Å². The number of carbonyl (C=O) groups is 1. The van der Waals surface area contributed by atoms with Crippen molar-refractivity contribution in [3.8, 4) is 0 Å². The normalized spacial score (nSPS) is 26.1. The number of hydrogen-bond donors (Lipinski definition) is 2. The van der Waals surface area contributed by atoms with Crippen LogP contribution < -0.4 is 10.6 Å². The van der Waals surface area contributed by atoms with Crippen molar-refractivity contribution in [2.45, 2.75) is 57.5 Å². The lowest BCUT2D eigenvalue weighted by Crippen LogP contribution is -2.46. The molecule has 3 N–H and O–H groups in total. The first-order valence-electron chi connectivity index (χ1n) is 7.85. The number of piperidine rings is 1. The average Bonchev–Trinajstić information content (AvgIpc) is 3.20. The van der Waals surface area contributed by atoms with Gasteiger partial charge in [0.15, 0.2) is 5.78 Å². The number of thiophene rings is 1. The molecule has 1 saturated carbocycles. The van der Waals surface area contributed by atoms with E-state index in [9.17, 15) is 9.90 Å². The van der Waals surface area contributed by atoms with Gasteiger partial charge in [0.2, 0.25) is 0 Å². The van der Waals surface area contributed by atoms with Gasteiger partial charge in [0.05, 0.1) is 21.2 Å². The number of anilines is 2. The third kappa shape index (κ3) is 2.81. The van der Waals surface area contributed by atoms with Crippen LogP contribution in [0.5, 0.6) is 0 Å². The molecule has 1 aromatic heterocycles. The van der Waals surface area contributed by atoms with E-state index in [2.05, 4.69) is 4.90 Å². The molecule has 1 aliphatic heterocycles. The second-order valence-corrected chi connectivity index (χ2v) is 7.64. The largest absolute Gasteiger partial charge is 0.397 e. The lowest BCUT2D eigenvalue weighted by atomic mass is 9.95. The molecule has 2 heterocycles. The van der Waals surface area contributed by atoms with Gasteiger partial charge in [-0.25, -0.2) is 0 Å². The quantitative estimate of drug-likeness (QED) is 0.839. The molecular weight excluding hydrogens is 284 g/mol. The van der Waals surface area contributed by atoms with Gasteiger partial charge in [-0.15, -0.1) is 11.3 Å². The molecule has 1 saturated heterocycles. The van der Waals surface area contributed by atoms with Crippen LogP contribution in [0.3, 0.4) is 0 Å². The minimum Gasteiger partial charge on any atom is -0.397 e. The van der Waals surface area contributed by atoms with E-state index in [4.69, 9.17) is 5.73 Å². The van der Waals surface area contributed by atoms with E-state index >= 15 is 0 Å². The zero-order valence-electron chi connectivity index (χ0n) is 12.8. The first-order valence-corrected chi connectivity index (χ1v) is 8.67. The fourth-order valence-corrected chi connectivity index (χ4v) is 4.55. The minimum atomic E-state index is -0.646. The summed E-state index contributed by atoms with van der Waals surface area (Å²) < 4.78 is 0. The Morgan fingerprint density at radius 1 is 1.52 bits per heavy atom. The van der Waals surface area contributed by atoms with Crippen molar-refractivity contribution in [1.29, 1.82) is 0 Å². The Balaban J connectivity index is 1.99. The van der Waals surface area contributed by atoms with Crippen molar-refractivity contribution in [1.82, 2.24) is 0 Å². The van der Waals surface area contributed by atoms with Crippen molar-refractivity contribution >= 4 is 27.8 Å². The number of rotatable bonds is 4. The molecule has 0 spiro atoms. The summed E-state index contributed by atoms with van der Waals surface area (Å²) in [5, 5.41) is 11.5. The zero-order chi connectivity index (χ0) is 15.2. The van der Waals surface area contributed by atoms with E-state index in [1.165, 1.54) is 16.9 Å². The van der Waals surface area contributed by atoms with E-state index in [1.54, 1.807) is 0 Å². The van der Waals surface area contributed by atoms with Gasteiger partial charge in [0, 0.05) is 25.1 Å². The summed E-state index contributed by atoms with van der Waals surface area (Å²) in [6.45, 7) is 5.34. The Kier molecular flexibility index (Phi) is 3.74. The first-order chi connectivity index (χ1) is 9.93. The molecular formula is C16H24N2O2S. The lowest BCUT2D eigenvalue weighted by Gasteiger charge is -2.38. The number of hydrogen-bond acceptors (Lipinski definition) is 5. The molecule has 1 unspecified atom stereocenters. The summed E-state index contributed by atoms with van der Waals surface area (Å²) in [5.41, 5.74) is 7.53. The monoisotopic (exact) mass is 308 g/mol. The Morgan fingerprint density at radius 3 is 2.81 bits per heavy atom. The van der Waals surface area contributed by atoms with Gasteiger partial charge in [-0.1, -0.05) is 6.92 Å². The van der Waals surface area contributed by atoms with Crippen molar-refractivity contribution in [2.75, 3.05) is 23.7 Å². The molecule has 5 heteroatoms. The van der Waals surface area contributed by atoms with Gasteiger partial charge >= 0.3 is 0 Å². The number of nitrogen functional groups attached to an aromatic ring is 1. The molecule has 0 bridgehead atoms. The average molecular weight is 308 g/mol. The van der Waals surface area contributed by atoms with E-state index < -0.39 is 5.60 Å². The number of nitrogens with zero attached hydrogens (tertiary/aromatic N) is 1. The fraction of sp³-hybridized carbons (Fsp3) is 0.688. The predicted molar refractivity (Wildman–Crippen MR) is 87.4 cm³/mol. The van der Waals surface area contributed by atoms with Gasteiger partial charge < -0.3 is 15.7 Å². The van der Waals surface area contributed by atoms with E-state index in [0.717, 1.165) is 42.1 Å². The highest BCUT2D eigenvalue weighted by molar-refractivity contribution is 7.19. The molecule has 0 amide bonds. The summed E-state index contributed by atoms with van der Waals surface area (Å²) in [6, 6.07) is 0. The zero-order valence-corrected chi connectivity index (χ0v) is 13.6. The standard InChI is InChI=1S/C16H24N2O2S/c1-3-11(19)14-13(17)12(10-5-6-10)15(21-14)18-8-4-7-16(2,20)9-18/h10,20H,3-9,17H2,1-2H3. The number of β-amino-alcohol motifs (C(OH)–C–C–N with tert-alkyl or cyclic N) is 1. The molecule has 0 radical (unpaired) electrons. The van der Waals surface area contributed by atoms with Gasteiger partial charge in [0.1, 0.15) is 0 Å². The van der Waals surface area contributed by atoms with Crippen LogP contribution in [0.1, 0.15) is 67.1 Å². The molecule has 4 nitrogen and oxygen atoms in total. The highest BCUT2D eigenvalue weighted by atomic mass is 32.1. The molecule has 21 heavy (non-hydrogen) atoms. The summed E-state index contributed by atoms with van der Waals surface area (Å²) >= 11 is 1.53. The summed E-state index contributed by atoms with van der Waals surface area (Å²) in [4.78, 5) is 15.1. The fourth-order valence-electron chi connectivity index (χ4n) is 3.21. The van der Waals surface area contributed by atoms with E-state index in [-0.39, 0.29) is 5.78 Å². The van der Waals surface area contributed by atoms with E-state index in [0.29, 0.717) is 24.6 Å². The van der Waals surface area contributed by atoms with Crippen LogP contribution in [0.4, 0.5) is 10.7 Å². The Bertz CT molecular complexity index is 561. The Labute approximate surface area is 129 Å². The van der Waals surface area contributed by atoms with E-state index in [1.807, 2.05) is 13.8 Å². The van der Waals surface area contributed by atoms with Crippen molar-refractivity contribution in [2.24, 2.45) is 0 Å². The maximum Gasteiger partial charge on any atom is 0.174 e. The summed E-state index contributed by atoms with van der Waals surface area (Å²) in [7, 11) is 0.